The lowest BCUT2D eigenvalue weighted by molar-refractivity contribution is -0.201. The van der Waals surface area contributed by atoms with Gasteiger partial charge in [0.1, 0.15) is 0 Å². The normalized spacial score (nSPS) is 15.9. The smallest absolute Gasteiger partial charge is 0.382 e. The van der Waals surface area contributed by atoms with Gasteiger partial charge in [0.25, 0.3) is 0 Å². The highest BCUT2D eigenvalue weighted by atomic mass is 19.4. The van der Waals surface area contributed by atoms with Crippen LogP contribution >= 0.6 is 0 Å². The average Bonchev–Trinajstić information content (AvgIpc) is 2.25. The summed E-state index contributed by atoms with van der Waals surface area (Å²) in [5.41, 5.74) is 0. The third-order valence-corrected chi connectivity index (χ3v) is 2.96. The van der Waals surface area contributed by atoms with Crippen LogP contribution in [0.4, 0.5) is 13.2 Å². The topological polar surface area (TPSA) is 32.3 Å². The quantitative estimate of drug-likeness (QED) is 0.620. The van der Waals surface area contributed by atoms with Crippen molar-refractivity contribution >= 4 is 0 Å². The molecule has 0 saturated heterocycles. The third kappa shape index (κ3) is 9.41. The van der Waals surface area contributed by atoms with Crippen molar-refractivity contribution in [1.29, 1.82) is 0 Å². The van der Waals surface area contributed by atoms with Gasteiger partial charge in [0.15, 0.2) is 6.10 Å². The van der Waals surface area contributed by atoms with Gasteiger partial charge in [-0.05, 0) is 18.9 Å². The minimum atomic E-state index is -4.51. The third-order valence-electron chi connectivity index (χ3n) is 2.96. The minimum absolute atomic E-state index is 0.408. The van der Waals surface area contributed by atoms with E-state index in [9.17, 15) is 13.2 Å². The van der Waals surface area contributed by atoms with E-state index in [0.29, 0.717) is 6.54 Å². The van der Waals surface area contributed by atoms with Gasteiger partial charge in [-0.15, -0.1) is 0 Å². The first-order chi connectivity index (χ1) is 7.88. The molecule has 0 aliphatic carbocycles. The summed E-state index contributed by atoms with van der Waals surface area (Å²) in [6.45, 7) is 4.49. The van der Waals surface area contributed by atoms with Gasteiger partial charge in [-0.1, -0.05) is 39.5 Å². The molecule has 0 rings (SSSR count). The van der Waals surface area contributed by atoms with Crippen LogP contribution in [0.1, 0.15) is 46.0 Å². The monoisotopic (exact) mass is 255 g/mol. The summed E-state index contributed by atoms with van der Waals surface area (Å²) >= 11 is 0. The second-order valence-corrected chi connectivity index (χ2v) is 4.62. The van der Waals surface area contributed by atoms with E-state index in [1.54, 1.807) is 0 Å². The van der Waals surface area contributed by atoms with Crippen LogP contribution in [0.2, 0.25) is 0 Å². The van der Waals surface area contributed by atoms with Gasteiger partial charge in [0, 0.05) is 6.54 Å². The Bertz CT molecular complexity index is 185. The number of halogens is 3. The highest BCUT2D eigenvalue weighted by molar-refractivity contribution is 4.67. The van der Waals surface area contributed by atoms with Gasteiger partial charge in [-0.2, -0.15) is 13.2 Å². The number of unbranched alkanes of at least 4 members (excludes halogenated alkanes) is 2. The van der Waals surface area contributed by atoms with Crippen LogP contribution < -0.4 is 5.32 Å². The van der Waals surface area contributed by atoms with Crippen LogP contribution in [0.5, 0.6) is 0 Å². The lowest BCUT2D eigenvalue weighted by atomic mass is 10.0. The second kappa shape index (κ2) is 8.75. The number of nitrogens with one attached hydrogen (secondary N) is 1. The summed E-state index contributed by atoms with van der Waals surface area (Å²) in [4.78, 5) is 0. The standard InChI is InChI=1S/C12H24F3NO/c1-3-10(2)7-5-4-6-8-16-9-11(17)12(13,14)15/h10-11,16-17H,3-9H2,1-2H3. The summed E-state index contributed by atoms with van der Waals surface area (Å²) in [6.07, 6.45) is -1.39. The molecular weight excluding hydrogens is 231 g/mol. The van der Waals surface area contributed by atoms with Gasteiger partial charge >= 0.3 is 6.18 Å². The van der Waals surface area contributed by atoms with Crippen LogP contribution in [-0.2, 0) is 0 Å². The predicted molar refractivity (Wildman–Crippen MR) is 62.9 cm³/mol. The molecule has 0 spiro atoms. The van der Waals surface area contributed by atoms with E-state index in [1.165, 1.54) is 12.8 Å². The van der Waals surface area contributed by atoms with E-state index in [2.05, 4.69) is 19.2 Å². The first-order valence-corrected chi connectivity index (χ1v) is 6.33. The Kier molecular flexibility index (Phi) is 8.60. The Morgan fingerprint density at radius 1 is 1.18 bits per heavy atom. The van der Waals surface area contributed by atoms with Crippen molar-refractivity contribution in [3.63, 3.8) is 0 Å². The Morgan fingerprint density at radius 3 is 2.35 bits per heavy atom. The van der Waals surface area contributed by atoms with E-state index in [1.807, 2.05) is 0 Å². The highest BCUT2D eigenvalue weighted by Gasteiger charge is 2.37. The zero-order chi connectivity index (χ0) is 13.3. The fourth-order valence-electron chi connectivity index (χ4n) is 1.48. The number of rotatable bonds is 9. The van der Waals surface area contributed by atoms with Gasteiger partial charge in [-0.3, -0.25) is 0 Å². The molecule has 0 heterocycles. The maximum absolute atomic E-state index is 11.9. The van der Waals surface area contributed by atoms with Crippen molar-refractivity contribution < 1.29 is 18.3 Å². The van der Waals surface area contributed by atoms with Crippen molar-refractivity contribution in [3.05, 3.63) is 0 Å². The van der Waals surface area contributed by atoms with Crippen LogP contribution in [0.15, 0.2) is 0 Å². The lowest BCUT2D eigenvalue weighted by Gasteiger charge is -2.15. The molecule has 104 valence electrons. The molecule has 0 bridgehead atoms. The number of aliphatic hydroxyl groups excluding tert-OH is 1. The van der Waals surface area contributed by atoms with Gasteiger partial charge in [-0.25, -0.2) is 0 Å². The summed E-state index contributed by atoms with van der Waals surface area (Å²) in [5.74, 6) is 0.731. The van der Waals surface area contributed by atoms with Gasteiger partial charge in [0.2, 0.25) is 0 Å². The van der Waals surface area contributed by atoms with Crippen molar-refractivity contribution in [3.8, 4) is 0 Å². The zero-order valence-electron chi connectivity index (χ0n) is 10.7. The minimum Gasteiger partial charge on any atom is -0.382 e. The van der Waals surface area contributed by atoms with Crippen molar-refractivity contribution in [1.82, 2.24) is 5.32 Å². The van der Waals surface area contributed by atoms with Crippen molar-refractivity contribution in [2.45, 2.75) is 58.2 Å². The fourth-order valence-corrected chi connectivity index (χ4v) is 1.48. The molecule has 0 radical (unpaired) electrons. The molecule has 0 aromatic heterocycles. The molecular formula is C12H24F3NO. The molecule has 0 amide bonds. The van der Waals surface area contributed by atoms with Crippen LogP contribution in [0, 0.1) is 5.92 Å². The first kappa shape index (κ1) is 16.7. The molecule has 2 nitrogen and oxygen atoms in total. The van der Waals surface area contributed by atoms with Gasteiger partial charge in [0.05, 0.1) is 0 Å². The summed E-state index contributed by atoms with van der Waals surface area (Å²) in [6, 6.07) is 0. The van der Waals surface area contributed by atoms with E-state index in [0.717, 1.165) is 25.2 Å². The SMILES string of the molecule is CCC(C)CCCCCNCC(O)C(F)(F)F. The molecule has 2 N–H and O–H groups in total. The highest BCUT2D eigenvalue weighted by Crippen LogP contribution is 2.19. The number of hydrogen-bond donors (Lipinski definition) is 2. The largest absolute Gasteiger partial charge is 0.415 e. The van der Waals surface area contributed by atoms with Gasteiger partial charge < -0.3 is 10.4 Å². The maximum Gasteiger partial charge on any atom is 0.415 e. The Labute approximate surface area is 102 Å². The van der Waals surface area contributed by atoms with Crippen LogP contribution in [-0.4, -0.2) is 30.5 Å². The molecule has 5 heteroatoms. The molecule has 2 atom stereocenters. The fraction of sp³-hybridized carbons (Fsp3) is 1.00. The molecule has 0 aliphatic rings. The number of alkyl halides is 3. The Balaban J connectivity index is 3.30. The van der Waals surface area contributed by atoms with Crippen LogP contribution in [0.3, 0.4) is 0 Å². The Hall–Kier alpha value is -0.290. The maximum atomic E-state index is 11.9. The number of aliphatic hydroxyl groups is 1. The zero-order valence-corrected chi connectivity index (χ0v) is 10.7. The van der Waals surface area contributed by atoms with Crippen LogP contribution in [0.25, 0.3) is 0 Å². The van der Waals surface area contributed by atoms with E-state index in [-0.39, 0.29) is 0 Å². The summed E-state index contributed by atoms with van der Waals surface area (Å²) in [7, 11) is 0. The molecule has 0 fully saturated rings. The molecule has 17 heavy (non-hydrogen) atoms. The summed E-state index contributed by atoms with van der Waals surface area (Å²) in [5, 5.41) is 11.3. The molecule has 0 aromatic rings. The lowest BCUT2D eigenvalue weighted by Crippen LogP contribution is -2.38. The molecule has 0 saturated carbocycles. The van der Waals surface area contributed by atoms with E-state index in [4.69, 9.17) is 5.11 Å². The second-order valence-electron chi connectivity index (χ2n) is 4.62. The first-order valence-electron chi connectivity index (χ1n) is 6.33. The van der Waals surface area contributed by atoms with Crippen molar-refractivity contribution in [2.75, 3.05) is 13.1 Å². The molecule has 2 unspecified atom stereocenters. The Morgan fingerprint density at radius 2 is 1.82 bits per heavy atom. The summed E-state index contributed by atoms with van der Waals surface area (Å²) < 4.78 is 35.8. The molecule has 0 aliphatic heterocycles. The number of hydrogen-bond acceptors (Lipinski definition) is 2. The predicted octanol–water partition coefficient (Wildman–Crippen LogP) is 3.11. The van der Waals surface area contributed by atoms with E-state index < -0.39 is 18.8 Å². The van der Waals surface area contributed by atoms with Crippen molar-refractivity contribution in [2.24, 2.45) is 5.92 Å². The van der Waals surface area contributed by atoms with E-state index >= 15 is 0 Å². The molecule has 0 aromatic carbocycles. The average molecular weight is 255 g/mol.